The maximum atomic E-state index is 13.5. The molecule has 5 nitrogen and oxygen atoms in total. The SMILES string of the molecule is CCOC(=O)CCN(Cc1ccccc1Cl)S(=O)(=O)c1c(C)cc(C)cc1C. The number of carbonyl (C=O) groups is 1. The van der Waals surface area contributed by atoms with Crippen molar-refractivity contribution in [1.82, 2.24) is 4.31 Å². The van der Waals surface area contributed by atoms with E-state index < -0.39 is 16.0 Å². The molecule has 0 aliphatic carbocycles. The Morgan fingerprint density at radius 1 is 1.11 bits per heavy atom. The minimum Gasteiger partial charge on any atom is -0.466 e. The zero-order valence-electron chi connectivity index (χ0n) is 16.7. The van der Waals surface area contributed by atoms with Gasteiger partial charge in [-0.25, -0.2) is 8.42 Å². The topological polar surface area (TPSA) is 63.7 Å². The van der Waals surface area contributed by atoms with E-state index in [9.17, 15) is 13.2 Å². The summed E-state index contributed by atoms with van der Waals surface area (Å²) in [6, 6.07) is 10.8. The second-order valence-corrected chi connectivity index (χ2v) is 8.99. The molecule has 2 aromatic rings. The third-order valence-corrected chi connectivity index (χ3v) is 6.90. The van der Waals surface area contributed by atoms with Gasteiger partial charge in [-0.1, -0.05) is 47.5 Å². The van der Waals surface area contributed by atoms with Crippen LogP contribution >= 0.6 is 11.6 Å². The van der Waals surface area contributed by atoms with Crippen molar-refractivity contribution in [1.29, 1.82) is 0 Å². The fourth-order valence-electron chi connectivity index (χ4n) is 3.25. The number of halogens is 1. The first-order valence-electron chi connectivity index (χ1n) is 9.13. The van der Waals surface area contributed by atoms with E-state index in [-0.39, 0.29) is 31.0 Å². The lowest BCUT2D eigenvalue weighted by molar-refractivity contribution is -0.143. The Hall–Kier alpha value is -1.89. The number of esters is 1. The largest absolute Gasteiger partial charge is 0.466 e. The van der Waals surface area contributed by atoms with Crippen LogP contribution in [-0.2, 0) is 26.1 Å². The van der Waals surface area contributed by atoms with Crippen LogP contribution in [0.4, 0.5) is 0 Å². The van der Waals surface area contributed by atoms with Gasteiger partial charge in [0.15, 0.2) is 0 Å². The highest BCUT2D eigenvalue weighted by atomic mass is 35.5. The molecule has 2 rings (SSSR count). The fraction of sp³-hybridized carbons (Fsp3) is 0.381. The highest BCUT2D eigenvalue weighted by Crippen LogP contribution is 2.28. The first kappa shape index (κ1) is 22.4. The van der Waals surface area contributed by atoms with E-state index >= 15 is 0 Å². The van der Waals surface area contributed by atoms with Gasteiger partial charge >= 0.3 is 5.97 Å². The monoisotopic (exact) mass is 423 g/mol. The molecule has 0 radical (unpaired) electrons. The lowest BCUT2D eigenvalue weighted by Gasteiger charge is -2.24. The van der Waals surface area contributed by atoms with Crippen molar-refractivity contribution in [2.45, 2.75) is 45.6 Å². The molecule has 0 heterocycles. The molecular formula is C21H26ClNO4S. The molecule has 0 bridgehead atoms. The van der Waals surface area contributed by atoms with E-state index in [2.05, 4.69) is 0 Å². The summed E-state index contributed by atoms with van der Waals surface area (Å²) in [5, 5.41) is 0.483. The Labute approximate surface area is 172 Å². The number of carbonyl (C=O) groups excluding carboxylic acids is 1. The standard InChI is InChI=1S/C21H26ClNO4S/c1-5-27-20(24)10-11-23(14-18-8-6-7-9-19(18)22)28(25,26)21-16(3)12-15(2)13-17(21)4/h6-9,12-13H,5,10-11,14H2,1-4H3. The molecule has 0 spiro atoms. The highest BCUT2D eigenvalue weighted by Gasteiger charge is 2.29. The minimum absolute atomic E-state index is 0.0130. The Bertz CT molecular complexity index is 934. The van der Waals surface area contributed by atoms with E-state index in [0.717, 1.165) is 5.56 Å². The van der Waals surface area contributed by atoms with Crippen LogP contribution in [-0.4, -0.2) is 31.8 Å². The molecule has 0 fully saturated rings. The predicted molar refractivity (Wildman–Crippen MR) is 111 cm³/mol. The Balaban J connectivity index is 2.44. The molecule has 0 unspecified atom stereocenters. The van der Waals surface area contributed by atoms with Crippen LogP contribution in [0, 0.1) is 20.8 Å². The molecule has 0 aliphatic heterocycles. The first-order chi connectivity index (χ1) is 13.2. The fourth-order valence-corrected chi connectivity index (χ4v) is 5.28. The summed E-state index contributed by atoms with van der Waals surface area (Å²) in [6.07, 6.45) is -0.0263. The van der Waals surface area contributed by atoms with Gasteiger partial charge in [0.25, 0.3) is 0 Å². The normalized spacial score (nSPS) is 11.6. The third-order valence-electron chi connectivity index (χ3n) is 4.38. The highest BCUT2D eigenvalue weighted by molar-refractivity contribution is 7.89. The predicted octanol–water partition coefficient (Wildman–Crippen LogP) is 4.41. The molecule has 0 aromatic heterocycles. The maximum absolute atomic E-state index is 13.5. The Kier molecular flexibility index (Phi) is 7.63. The molecule has 0 atom stereocenters. The zero-order valence-corrected chi connectivity index (χ0v) is 18.2. The summed E-state index contributed by atoms with van der Waals surface area (Å²) < 4.78 is 33.3. The van der Waals surface area contributed by atoms with Crippen molar-refractivity contribution >= 4 is 27.6 Å². The van der Waals surface area contributed by atoms with Gasteiger partial charge in [0.05, 0.1) is 17.9 Å². The lowest BCUT2D eigenvalue weighted by atomic mass is 10.1. The summed E-state index contributed by atoms with van der Waals surface area (Å²) in [6.45, 7) is 7.56. The Morgan fingerprint density at radius 2 is 1.71 bits per heavy atom. The minimum atomic E-state index is -3.84. The molecule has 7 heteroatoms. The first-order valence-corrected chi connectivity index (χ1v) is 11.0. The Morgan fingerprint density at radius 3 is 2.29 bits per heavy atom. The van der Waals surface area contributed by atoms with Gasteiger partial charge in [0.2, 0.25) is 10.0 Å². The van der Waals surface area contributed by atoms with Crippen molar-refractivity contribution < 1.29 is 17.9 Å². The van der Waals surface area contributed by atoms with Crippen molar-refractivity contribution in [3.63, 3.8) is 0 Å². The zero-order chi connectivity index (χ0) is 20.9. The van der Waals surface area contributed by atoms with E-state index in [4.69, 9.17) is 16.3 Å². The average Bonchev–Trinajstić information content (AvgIpc) is 2.59. The summed E-state index contributed by atoms with van der Waals surface area (Å²) in [5.41, 5.74) is 3.03. The van der Waals surface area contributed by atoms with Gasteiger partial charge in [-0.15, -0.1) is 0 Å². The summed E-state index contributed by atoms with van der Waals surface area (Å²) in [4.78, 5) is 12.1. The number of rotatable bonds is 8. The molecule has 0 amide bonds. The van der Waals surface area contributed by atoms with Gasteiger partial charge in [-0.2, -0.15) is 4.31 Å². The second kappa shape index (κ2) is 9.54. The molecule has 2 aromatic carbocycles. The van der Waals surface area contributed by atoms with Gasteiger partial charge in [-0.05, 0) is 50.5 Å². The van der Waals surface area contributed by atoms with Gasteiger partial charge < -0.3 is 4.74 Å². The van der Waals surface area contributed by atoms with Crippen LogP contribution in [0.5, 0.6) is 0 Å². The molecule has 152 valence electrons. The molecule has 0 saturated carbocycles. The number of aryl methyl sites for hydroxylation is 3. The molecule has 28 heavy (non-hydrogen) atoms. The van der Waals surface area contributed by atoms with Crippen LogP contribution in [0.25, 0.3) is 0 Å². The van der Waals surface area contributed by atoms with Gasteiger partial charge in [-0.3, -0.25) is 4.79 Å². The number of hydrogen-bond acceptors (Lipinski definition) is 4. The lowest BCUT2D eigenvalue weighted by Crippen LogP contribution is -2.34. The molecule has 0 N–H and O–H groups in total. The summed E-state index contributed by atoms with van der Waals surface area (Å²) in [5.74, 6) is -0.431. The van der Waals surface area contributed by atoms with Crippen molar-refractivity contribution in [2.24, 2.45) is 0 Å². The maximum Gasteiger partial charge on any atom is 0.307 e. The second-order valence-electron chi connectivity index (χ2n) is 6.71. The number of nitrogens with zero attached hydrogens (tertiary/aromatic N) is 1. The average molecular weight is 424 g/mol. The summed E-state index contributed by atoms with van der Waals surface area (Å²) in [7, 11) is -3.84. The smallest absolute Gasteiger partial charge is 0.307 e. The van der Waals surface area contributed by atoms with Crippen molar-refractivity contribution in [3.8, 4) is 0 Å². The molecule has 0 saturated heterocycles. The third kappa shape index (κ3) is 5.34. The van der Waals surface area contributed by atoms with Crippen LogP contribution in [0.3, 0.4) is 0 Å². The quantitative estimate of drug-likeness (QED) is 0.590. The molecule has 0 aliphatic rings. The number of benzene rings is 2. The van der Waals surface area contributed by atoms with Crippen LogP contribution in [0.2, 0.25) is 5.02 Å². The van der Waals surface area contributed by atoms with E-state index in [0.29, 0.717) is 21.7 Å². The van der Waals surface area contributed by atoms with Gasteiger partial charge in [0.1, 0.15) is 0 Å². The molecular weight excluding hydrogens is 398 g/mol. The van der Waals surface area contributed by atoms with Crippen LogP contribution < -0.4 is 0 Å². The van der Waals surface area contributed by atoms with Gasteiger partial charge in [0, 0.05) is 18.1 Å². The number of hydrogen-bond donors (Lipinski definition) is 0. The van der Waals surface area contributed by atoms with Crippen LogP contribution in [0.1, 0.15) is 35.6 Å². The van der Waals surface area contributed by atoms with E-state index in [1.54, 1.807) is 45.0 Å². The van der Waals surface area contributed by atoms with Crippen molar-refractivity contribution in [3.05, 3.63) is 63.7 Å². The summed E-state index contributed by atoms with van der Waals surface area (Å²) >= 11 is 6.25. The number of ether oxygens (including phenoxy) is 1. The van der Waals surface area contributed by atoms with E-state index in [1.807, 2.05) is 19.1 Å². The van der Waals surface area contributed by atoms with E-state index in [1.165, 1.54) is 4.31 Å². The van der Waals surface area contributed by atoms with Crippen LogP contribution in [0.15, 0.2) is 41.3 Å². The van der Waals surface area contributed by atoms with Crippen molar-refractivity contribution in [2.75, 3.05) is 13.2 Å². The number of sulfonamides is 1.